The second-order valence-corrected chi connectivity index (χ2v) is 9.96. The van der Waals surface area contributed by atoms with Gasteiger partial charge in [-0.3, -0.25) is 9.59 Å². The maximum absolute atomic E-state index is 13.8. The van der Waals surface area contributed by atoms with Gasteiger partial charge in [0.15, 0.2) is 0 Å². The standard InChI is InChI=1S/C28H39N3O3S/c1-28(27(33)29-23-12-8-5-4-6-9-13-23)21-30(2)25(14-10-7-11-19-35)26(32)31(28)20-22-15-17-24(34-3)18-16-22/h7,10-11,14-19,23,35H,4-6,8-9,12-13,20-21H2,1-3H3,(H,29,33)/b10-7+,19-11-,25-14-. The van der Waals surface area contributed by atoms with E-state index in [1.54, 1.807) is 29.6 Å². The second kappa shape index (κ2) is 12.9. The third kappa shape index (κ3) is 6.94. The van der Waals surface area contributed by atoms with Crippen molar-refractivity contribution in [1.29, 1.82) is 0 Å². The number of nitrogens with zero attached hydrogens (tertiary/aromatic N) is 2. The first kappa shape index (κ1) is 26.9. The lowest BCUT2D eigenvalue weighted by Gasteiger charge is -2.48. The van der Waals surface area contributed by atoms with E-state index in [9.17, 15) is 9.59 Å². The number of likely N-dealkylation sites (N-methyl/N-ethyl adjacent to an activating group) is 1. The zero-order valence-electron chi connectivity index (χ0n) is 21.2. The van der Waals surface area contributed by atoms with Crippen molar-refractivity contribution in [3.63, 3.8) is 0 Å². The topological polar surface area (TPSA) is 61.9 Å². The van der Waals surface area contributed by atoms with Crippen LogP contribution in [-0.4, -0.2) is 53.9 Å². The molecular weight excluding hydrogens is 458 g/mol. The van der Waals surface area contributed by atoms with Crippen molar-refractivity contribution < 1.29 is 14.3 Å². The van der Waals surface area contributed by atoms with E-state index in [0.29, 0.717) is 18.8 Å². The lowest BCUT2D eigenvalue weighted by Crippen LogP contribution is -2.68. The fraction of sp³-hybridized carbons (Fsp3) is 0.500. The molecule has 1 saturated heterocycles. The van der Waals surface area contributed by atoms with Crippen LogP contribution >= 0.6 is 12.6 Å². The smallest absolute Gasteiger partial charge is 0.271 e. The van der Waals surface area contributed by atoms with Crippen LogP contribution in [0.5, 0.6) is 5.75 Å². The van der Waals surface area contributed by atoms with Crippen LogP contribution in [0.3, 0.4) is 0 Å². The molecule has 1 aliphatic carbocycles. The van der Waals surface area contributed by atoms with Gasteiger partial charge in [0.05, 0.1) is 7.11 Å². The molecule has 3 rings (SSSR count). The van der Waals surface area contributed by atoms with Gasteiger partial charge in [-0.05, 0) is 48.9 Å². The highest BCUT2D eigenvalue weighted by molar-refractivity contribution is 7.83. The number of hydrogen-bond donors (Lipinski definition) is 2. The number of thiol groups is 1. The van der Waals surface area contributed by atoms with Crippen LogP contribution in [0, 0.1) is 0 Å². The molecule has 0 radical (unpaired) electrons. The Bertz CT molecular complexity index is 949. The number of hydrogen-bond acceptors (Lipinski definition) is 5. The van der Waals surface area contributed by atoms with Crippen LogP contribution in [0.15, 0.2) is 59.7 Å². The Morgan fingerprint density at radius 1 is 1.11 bits per heavy atom. The summed E-state index contributed by atoms with van der Waals surface area (Å²) < 4.78 is 5.28. The maximum atomic E-state index is 13.8. The summed E-state index contributed by atoms with van der Waals surface area (Å²) in [5.74, 6) is 0.514. The zero-order valence-corrected chi connectivity index (χ0v) is 22.1. The third-order valence-electron chi connectivity index (χ3n) is 7.01. The number of carbonyl (C=O) groups is 2. The van der Waals surface area contributed by atoms with Crippen LogP contribution < -0.4 is 10.1 Å². The summed E-state index contributed by atoms with van der Waals surface area (Å²) >= 11 is 4.06. The van der Waals surface area contributed by atoms with Gasteiger partial charge in [0.1, 0.15) is 17.0 Å². The number of methoxy groups -OCH3 is 1. The number of rotatable bonds is 7. The summed E-state index contributed by atoms with van der Waals surface area (Å²) in [6, 6.07) is 7.81. The Morgan fingerprint density at radius 3 is 2.40 bits per heavy atom. The van der Waals surface area contributed by atoms with Gasteiger partial charge in [0, 0.05) is 26.2 Å². The summed E-state index contributed by atoms with van der Waals surface area (Å²) in [6.07, 6.45) is 15.2. The molecule has 35 heavy (non-hydrogen) atoms. The van der Waals surface area contributed by atoms with Crippen LogP contribution in [0.4, 0.5) is 0 Å². The molecule has 1 aliphatic heterocycles. The number of nitrogens with one attached hydrogen (secondary N) is 1. The van der Waals surface area contributed by atoms with Crippen molar-refractivity contribution in [2.75, 3.05) is 20.7 Å². The molecule has 2 aliphatic rings. The maximum Gasteiger partial charge on any atom is 0.271 e. The van der Waals surface area contributed by atoms with E-state index in [-0.39, 0.29) is 17.9 Å². The number of piperazine rings is 1. The first-order valence-corrected chi connectivity index (χ1v) is 13.1. The lowest BCUT2D eigenvalue weighted by atomic mass is 9.90. The van der Waals surface area contributed by atoms with E-state index in [1.165, 1.54) is 19.3 Å². The predicted octanol–water partition coefficient (Wildman–Crippen LogP) is 4.84. The van der Waals surface area contributed by atoms with Gasteiger partial charge in [-0.25, -0.2) is 0 Å². The molecule has 7 heteroatoms. The Hall–Kier alpha value is -2.67. The predicted molar refractivity (Wildman–Crippen MR) is 144 cm³/mol. The first-order valence-electron chi connectivity index (χ1n) is 12.5. The second-order valence-electron chi connectivity index (χ2n) is 9.66. The monoisotopic (exact) mass is 497 g/mol. The van der Waals surface area contributed by atoms with Crippen molar-refractivity contribution in [1.82, 2.24) is 15.1 Å². The number of carbonyl (C=O) groups excluding carboxylic acids is 2. The molecule has 1 N–H and O–H groups in total. The minimum atomic E-state index is -1.000. The van der Waals surface area contributed by atoms with Crippen LogP contribution in [0.1, 0.15) is 57.4 Å². The summed E-state index contributed by atoms with van der Waals surface area (Å²) in [7, 11) is 3.50. The van der Waals surface area contributed by atoms with Crippen molar-refractivity contribution in [2.24, 2.45) is 0 Å². The largest absolute Gasteiger partial charge is 0.497 e. The summed E-state index contributed by atoms with van der Waals surface area (Å²) in [6.45, 7) is 2.64. The van der Waals surface area contributed by atoms with E-state index in [0.717, 1.165) is 37.0 Å². The van der Waals surface area contributed by atoms with E-state index in [4.69, 9.17) is 4.74 Å². The molecular formula is C28H39N3O3S. The number of benzene rings is 1. The Labute approximate surface area is 215 Å². The fourth-order valence-corrected chi connectivity index (χ4v) is 5.01. The molecule has 2 amide bonds. The Kier molecular flexibility index (Phi) is 9.90. The van der Waals surface area contributed by atoms with Crippen molar-refractivity contribution >= 4 is 24.4 Å². The normalized spacial score (nSPS) is 23.7. The summed E-state index contributed by atoms with van der Waals surface area (Å²) in [5.41, 5.74) is 0.500. The van der Waals surface area contributed by atoms with E-state index >= 15 is 0 Å². The van der Waals surface area contributed by atoms with Gasteiger partial charge in [-0.15, -0.1) is 0 Å². The number of amides is 2. The van der Waals surface area contributed by atoms with Crippen molar-refractivity contribution in [3.05, 3.63) is 65.2 Å². The van der Waals surface area contributed by atoms with Gasteiger partial charge >= 0.3 is 0 Å². The molecule has 6 nitrogen and oxygen atoms in total. The molecule has 1 saturated carbocycles. The molecule has 1 heterocycles. The Morgan fingerprint density at radius 2 is 1.77 bits per heavy atom. The van der Waals surface area contributed by atoms with Gasteiger partial charge in [0.2, 0.25) is 5.91 Å². The average Bonchev–Trinajstić information content (AvgIpc) is 2.83. The molecule has 0 bridgehead atoms. The minimum Gasteiger partial charge on any atom is -0.497 e. The molecule has 1 aromatic rings. The highest BCUT2D eigenvalue weighted by Crippen LogP contribution is 2.30. The van der Waals surface area contributed by atoms with Gasteiger partial charge in [0.25, 0.3) is 5.91 Å². The molecule has 0 spiro atoms. The van der Waals surface area contributed by atoms with Crippen LogP contribution in [-0.2, 0) is 16.1 Å². The SMILES string of the molecule is COc1ccc(CN2C(=O)/C(=C/C=C/C=C\S)N(C)CC2(C)C(=O)NC2CCCCCCC2)cc1. The average molecular weight is 498 g/mol. The summed E-state index contributed by atoms with van der Waals surface area (Å²) in [5, 5.41) is 4.95. The molecule has 2 fully saturated rings. The molecule has 1 aromatic carbocycles. The lowest BCUT2D eigenvalue weighted by molar-refractivity contribution is -0.152. The van der Waals surface area contributed by atoms with Gasteiger partial charge in [-0.2, -0.15) is 12.6 Å². The third-order valence-corrected chi connectivity index (χ3v) is 7.18. The number of ether oxygens (including phenoxy) is 1. The highest BCUT2D eigenvalue weighted by atomic mass is 32.1. The Balaban J connectivity index is 1.89. The zero-order chi connectivity index (χ0) is 25.3. The fourth-order valence-electron chi connectivity index (χ4n) is 4.91. The van der Waals surface area contributed by atoms with E-state index in [1.807, 2.05) is 55.3 Å². The first-order chi connectivity index (χ1) is 16.9. The molecule has 0 aromatic heterocycles. The van der Waals surface area contributed by atoms with Crippen molar-refractivity contribution in [2.45, 2.75) is 70.0 Å². The highest BCUT2D eigenvalue weighted by Gasteiger charge is 2.48. The van der Waals surface area contributed by atoms with E-state index in [2.05, 4.69) is 17.9 Å². The molecule has 1 unspecified atom stereocenters. The number of allylic oxidation sites excluding steroid dienone is 4. The van der Waals surface area contributed by atoms with E-state index < -0.39 is 5.54 Å². The molecule has 1 atom stereocenters. The van der Waals surface area contributed by atoms with Crippen LogP contribution in [0.2, 0.25) is 0 Å². The summed E-state index contributed by atoms with van der Waals surface area (Å²) in [4.78, 5) is 31.2. The van der Waals surface area contributed by atoms with Crippen LogP contribution in [0.25, 0.3) is 0 Å². The van der Waals surface area contributed by atoms with Gasteiger partial charge < -0.3 is 19.9 Å². The quantitative estimate of drug-likeness (QED) is 0.322. The van der Waals surface area contributed by atoms with Crippen molar-refractivity contribution in [3.8, 4) is 5.75 Å². The van der Waals surface area contributed by atoms with Gasteiger partial charge in [-0.1, -0.05) is 62.5 Å². The molecule has 190 valence electrons. The minimum absolute atomic E-state index is 0.0793.